The van der Waals surface area contributed by atoms with Crippen LogP contribution in [0.1, 0.15) is 4.88 Å². The zero-order chi connectivity index (χ0) is 12.4. The molecule has 1 aromatic heterocycles. The van der Waals surface area contributed by atoms with Crippen LogP contribution < -0.4 is 4.99 Å². The molecule has 0 saturated heterocycles. The largest absolute Gasteiger partial charge is 0.459 e. The first-order chi connectivity index (χ1) is 8.83. The Kier molecular flexibility index (Phi) is 2.82. The van der Waals surface area contributed by atoms with E-state index in [1.807, 2.05) is 54.6 Å². The average molecular weight is 254 g/mol. The Morgan fingerprint density at radius 2 is 1.67 bits per heavy atom. The minimum atomic E-state index is 0.197. The number of aliphatic hydroxyl groups excluding tert-OH is 1. The van der Waals surface area contributed by atoms with E-state index in [-0.39, 0.29) is 5.90 Å². The Morgan fingerprint density at radius 3 is 2.44 bits per heavy atom. The first-order valence-corrected chi connectivity index (χ1v) is 6.51. The molecule has 0 spiro atoms. The lowest BCUT2D eigenvalue weighted by Crippen LogP contribution is -2.66. The van der Waals surface area contributed by atoms with Gasteiger partial charge in [0, 0.05) is 16.8 Å². The summed E-state index contributed by atoms with van der Waals surface area (Å²) >= 11 is 1.58. The van der Waals surface area contributed by atoms with E-state index in [9.17, 15) is 5.11 Å². The molecular formula is C15H12NOS+. The lowest BCUT2D eigenvalue weighted by molar-refractivity contribution is -0.364. The van der Waals surface area contributed by atoms with Crippen LogP contribution in [-0.2, 0) is 0 Å². The van der Waals surface area contributed by atoms with Crippen molar-refractivity contribution in [3.8, 4) is 0 Å². The number of aliphatic hydroxyl groups is 1. The van der Waals surface area contributed by atoms with Crippen molar-refractivity contribution in [2.45, 2.75) is 0 Å². The van der Waals surface area contributed by atoms with Crippen LogP contribution in [-0.4, -0.2) is 11.0 Å². The third kappa shape index (κ3) is 2.13. The van der Waals surface area contributed by atoms with E-state index in [1.54, 1.807) is 11.3 Å². The highest BCUT2D eigenvalue weighted by atomic mass is 32.1. The van der Waals surface area contributed by atoms with Crippen molar-refractivity contribution in [2.24, 2.45) is 0 Å². The van der Waals surface area contributed by atoms with E-state index in [2.05, 4.69) is 11.1 Å². The van der Waals surface area contributed by atoms with Gasteiger partial charge in [-0.05, 0) is 17.5 Å². The van der Waals surface area contributed by atoms with Crippen molar-refractivity contribution in [3.05, 3.63) is 65.5 Å². The molecule has 0 bridgehead atoms. The maximum atomic E-state index is 10.1. The predicted octanol–water partition coefficient (Wildman–Crippen LogP) is 2.62. The van der Waals surface area contributed by atoms with Gasteiger partial charge in [-0.25, -0.2) is 0 Å². The highest BCUT2D eigenvalue weighted by Gasteiger charge is 2.12. The molecule has 2 aromatic carbocycles. The van der Waals surface area contributed by atoms with E-state index >= 15 is 0 Å². The third-order valence-electron chi connectivity index (χ3n) is 2.70. The minimum absolute atomic E-state index is 0.197. The summed E-state index contributed by atoms with van der Waals surface area (Å²) in [5, 5.41) is 11.2. The lowest BCUT2D eigenvalue weighted by Gasteiger charge is -1.88. The molecule has 1 heterocycles. The number of fused-ring (bicyclic) bond motifs is 1. The van der Waals surface area contributed by atoms with E-state index < -0.39 is 0 Å². The van der Waals surface area contributed by atoms with Gasteiger partial charge in [0.1, 0.15) is 4.88 Å². The molecule has 0 aliphatic carbocycles. The Hall–Kier alpha value is -2.13. The van der Waals surface area contributed by atoms with Crippen LogP contribution in [0.5, 0.6) is 0 Å². The topological polar surface area (TPSA) is 34.2 Å². The molecule has 3 rings (SSSR count). The second-order valence-electron chi connectivity index (χ2n) is 3.99. The monoisotopic (exact) mass is 254 g/mol. The zero-order valence-corrected chi connectivity index (χ0v) is 10.4. The van der Waals surface area contributed by atoms with Crippen molar-refractivity contribution >= 4 is 33.0 Å². The second-order valence-corrected chi connectivity index (χ2v) is 5.07. The smallest absolute Gasteiger partial charge is 0.381 e. The van der Waals surface area contributed by atoms with E-state index in [1.165, 1.54) is 4.70 Å². The molecule has 0 unspecified atom stereocenters. The molecular weight excluding hydrogens is 242 g/mol. The van der Waals surface area contributed by atoms with Crippen LogP contribution in [0.3, 0.4) is 0 Å². The van der Waals surface area contributed by atoms with E-state index in [0.717, 1.165) is 16.0 Å². The van der Waals surface area contributed by atoms with Gasteiger partial charge >= 0.3 is 5.90 Å². The first-order valence-electron chi connectivity index (χ1n) is 5.70. The number of thiophene rings is 1. The number of hydrogen-bond acceptors (Lipinski definition) is 1. The van der Waals surface area contributed by atoms with Crippen LogP contribution in [0.4, 0.5) is 5.69 Å². The van der Waals surface area contributed by atoms with Crippen LogP contribution >= 0.6 is 11.3 Å². The fraction of sp³-hybridized carbons (Fsp3) is 0. The molecule has 3 aromatic rings. The first kappa shape index (κ1) is 11.0. The van der Waals surface area contributed by atoms with E-state index in [4.69, 9.17) is 0 Å². The number of rotatable bonds is 2. The summed E-state index contributed by atoms with van der Waals surface area (Å²) in [6.07, 6.45) is 0. The summed E-state index contributed by atoms with van der Waals surface area (Å²) < 4.78 is 1.17. The molecule has 88 valence electrons. The van der Waals surface area contributed by atoms with Gasteiger partial charge in [-0.2, -0.15) is 4.99 Å². The SMILES string of the molecule is OC(=[NH+]c1ccccc1)c1cc2ccccc2s1. The number of nitrogens with one attached hydrogen (secondary N) is 1. The standard InChI is InChI=1S/C15H11NOS/c17-15(16-12-7-2-1-3-8-12)14-10-11-6-4-5-9-13(11)18-14/h1-10H,(H,16,17)/p+1. The van der Waals surface area contributed by atoms with Gasteiger partial charge in [-0.3, -0.25) is 0 Å². The van der Waals surface area contributed by atoms with Gasteiger partial charge in [0.15, 0.2) is 0 Å². The van der Waals surface area contributed by atoms with Crippen molar-refractivity contribution in [1.82, 2.24) is 0 Å². The third-order valence-corrected chi connectivity index (χ3v) is 3.82. The van der Waals surface area contributed by atoms with Crippen LogP contribution in [0, 0.1) is 0 Å². The van der Waals surface area contributed by atoms with Crippen molar-refractivity contribution in [2.75, 3.05) is 0 Å². The Bertz CT molecular complexity index is 668. The van der Waals surface area contributed by atoms with E-state index in [0.29, 0.717) is 0 Å². The molecule has 2 N–H and O–H groups in total. The fourth-order valence-corrected chi connectivity index (χ4v) is 2.78. The highest BCUT2D eigenvalue weighted by Crippen LogP contribution is 2.24. The Morgan fingerprint density at radius 1 is 0.944 bits per heavy atom. The van der Waals surface area contributed by atoms with Gasteiger partial charge in [-0.1, -0.05) is 36.4 Å². The zero-order valence-electron chi connectivity index (χ0n) is 9.63. The molecule has 18 heavy (non-hydrogen) atoms. The fourth-order valence-electron chi connectivity index (χ4n) is 1.82. The Balaban J connectivity index is 2.01. The van der Waals surface area contributed by atoms with Gasteiger partial charge in [0.25, 0.3) is 0 Å². The van der Waals surface area contributed by atoms with Gasteiger partial charge in [-0.15, -0.1) is 11.3 Å². The summed E-state index contributed by atoms with van der Waals surface area (Å²) in [7, 11) is 0. The molecule has 2 nitrogen and oxygen atoms in total. The summed E-state index contributed by atoms with van der Waals surface area (Å²) in [5.41, 5.74) is 0.882. The lowest BCUT2D eigenvalue weighted by atomic mass is 10.2. The molecule has 0 radical (unpaired) electrons. The van der Waals surface area contributed by atoms with Crippen molar-refractivity contribution < 1.29 is 10.1 Å². The summed E-state index contributed by atoms with van der Waals surface area (Å²) in [5.74, 6) is 0.197. The van der Waals surface area contributed by atoms with Crippen molar-refractivity contribution in [1.29, 1.82) is 0 Å². The number of para-hydroxylation sites is 1. The molecule has 0 aliphatic rings. The van der Waals surface area contributed by atoms with Gasteiger partial charge in [0.05, 0.1) is 0 Å². The molecule has 0 aliphatic heterocycles. The molecule has 0 saturated carbocycles. The van der Waals surface area contributed by atoms with Crippen LogP contribution in [0.2, 0.25) is 0 Å². The Labute approximate surface area is 109 Å². The average Bonchev–Trinajstić information content (AvgIpc) is 2.84. The van der Waals surface area contributed by atoms with Gasteiger partial charge < -0.3 is 5.11 Å². The van der Waals surface area contributed by atoms with Crippen LogP contribution in [0.15, 0.2) is 60.7 Å². The number of hydrogen-bond donors (Lipinski definition) is 2. The predicted molar refractivity (Wildman–Crippen MR) is 75.6 cm³/mol. The molecule has 3 heteroatoms. The minimum Gasteiger partial charge on any atom is -0.459 e. The van der Waals surface area contributed by atoms with Gasteiger partial charge in [0.2, 0.25) is 5.69 Å². The molecule has 0 atom stereocenters. The van der Waals surface area contributed by atoms with Crippen LogP contribution in [0.25, 0.3) is 10.1 Å². The maximum Gasteiger partial charge on any atom is 0.381 e. The summed E-state index contributed by atoms with van der Waals surface area (Å²) in [6.45, 7) is 0. The number of benzene rings is 2. The summed E-state index contributed by atoms with van der Waals surface area (Å²) in [6, 6.07) is 19.7. The highest BCUT2D eigenvalue weighted by molar-refractivity contribution is 7.20. The summed E-state index contributed by atoms with van der Waals surface area (Å²) in [4.78, 5) is 3.85. The quantitative estimate of drug-likeness (QED) is 0.535. The normalized spacial score (nSPS) is 11.9. The molecule has 0 fully saturated rings. The maximum absolute atomic E-state index is 10.1. The second kappa shape index (κ2) is 4.63. The van der Waals surface area contributed by atoms with Crippen molar-refractivity contribution in [3.63, 3.8) is 0 Å². The molecule has 0 amide bonds.